The topological polar surface area (TPSA) is 117 Å². The van der Waals surface area contributed by atoms with E-state index in [2.05, 4.69) is 19.8 Å². The standard InChI is InChI=1S/C7H12N4O4/c1-4(2)9-3-5-6(14-7(8)12)11(13)15-10-5/h4,9H,3H2,1-2H3,(H2,8,12). The minimum Gasteiger partial charge on any atom is -0.367 e. The highest BCUT2D eigenvalue weighted by atomic mass is 16.8. The molecule has 1 aromatic rings. The summed E-state index contributed by atoms with van der Waals surface area (Å²) in [7, 11) is 0. The first-order chi connectivity index (χ1) is 7.00. The summed E-state index contributed by atoms with van der Waals surface area (Å²) in [6.45, 7) is 4.08. The van der Waals surface area contributed by atoms with Gasteiger partial charge in [0.15, 0.2) is 0 Å². The van der Waals surface area contributed by atoms with Crippen molar-refractivity contribution in [2.45, 2.75) is 26.4 Å². The van der Waals surface area contributed by atoms with E-state index >= 15 is 0 Å². The van der Waals surface area contributed by atoms with E-state index in [0.717, 1.165) is 0 Å². The van der Waals surface area contributed by atoms with Gasteiger partial charge in [-0.3, -0.25) is 4.63 Å². The van der Waals surface area contributed by atoms with Crippen molar-refractivity contribution >= 4 is 6.09 Å². The fraction of sp³-hybridized carbons (Fsp3) is 0.571. The van der Waals surface area contributed by atoms with Crippen LogP contribution in [0.5, 0.6) is 5.88 Å². The van der Waals surface area contributed by atoms with E-state index in [1.54, 1.807) is 0 Å². The maximum Gasteiger partial charge on any atom is 0.412 e. The van der Waals surface area contributed by atoms with Crippen LogP contribution in [0.2, 0.25) is 0 Å². The molecular weight excluding hydrogens is 204 g/mol. The Morgan fingerprint density at radius 3 is 3.00 bits per heavy atom. The number of hydrogen-bond donors (Lipinski definition) is 2. The van der Waals surface area contributed by atoms with Crippen LogP contribution in [-0.4, -0.2) is 17.3 Å². The first kappa shape index (κ1) is 11.2. The summed E-state index contributed by atoms with van der Waals surface area (Å²) in [5, 5.41) is 17.3. The van der Waals surface area contributed by atoms with Crippen molar-refractivity contribution in [2.24, 2.45) is 5.73 Å². The van der Waals surface area contributed by atoms with Gasteiger partial charge >= 0.3 is 12.0 Å². The van der Waals surface area contributed by atoms with Crippen molar-refractivity contribution in [2.75, 3.05) is 0 Å². The number of nitrogens with one attached hydrogen (secondary N) is 1. The van der Waals surface area contributed by atoms with Crippen molar-refractivity contribution in [1.82, 2.24) is 10.5 Å². The van der Waals surface area contributed by atoms with Gasteiger partial charge in [0.1, 0.15) is 0 Å². The van der Waals surface area contributed by atoms with Gasteiger partial charge in [0.05, 0.1) is 6.54 Å². The predicted octanol–water partition coefficient (Wildman–Crippen LogP) is -0.736. The molecule has 0 aliphatic rings. The fourth-order valence-electron chi connectivity index (χ4n) is 0.868. The molecule has 15 heavy (non-hydrogen) atoms. The summed E-state index contributed by atoms with van der Waals surface area (Å²) < 4.78 is 8.71. The monoisotopic (exact) mass is 216 g/mol. The van der Waals surface area contributed by atoms with E-state index < -0.39 is 6.09 Å². The highest BCUT2D eigenvalue weighted by molar-refractivity contribution is 5.67. The number of primary amides is 1. The zero-order valence-corrected chi connectivity index (χ0v) is 8.39. The summed E-state index contributed by atoms with van der Waals surface area (Å²) >= 11 is 0. The summed E-state index contributed by atoms with van der Waals surface area (Å²) in [4.78, 5) is 10.5. The lowest BCUT2D eigenvalue weighted by molar-refractivity contribution is -0.804. The van der Waals surface area contributed by atoms with E-state index in [0.29, 0.717) is 0 Å². The smallest absolute Gasteiger partial charge is 0.367 e. The lowest BCUT2D eigenvalue weighted by Crippen LogP contribution is -2.31. The number of amides is 1. The first-order valence-electron chi connectivity index (χ1n) is 4.30. The average Bonchev–Trinajstić information content (AvgIpc) is 2.44. The van der Waals surface area contributed by atoms with Gasteiger partial charge in [-0.25, -0.2) is 4.79 Å². The van der Waals surface area contributed by atoms with Crippen LogP contribution in [0.1, 0.15) is 19.5 Å². The Morgan fingerprint density at radius 1 is 1.80 bits per heavy atom. The molecule has 0 spiro atoms. The second kappa shape index (κ2) is 4.60. The number of carbonyl (C=O) groups excluding carboxylic acids is 1. The fourth-order valence-corrected chi connectivity index (χ4v) is 0.868. The van der Waals surface area contributed by atoms with Crippen molar-refractivity contribution < 1.29 is 19.1 Å². The Balaban J connectivity index is 2.74. The van der Waals surface area contributed by atoms with Crippen molar-refractivity contribution in [3.05, 3.63) is 10.9 Å². The molecule has 0 fully saturated rings. The molecule has 1 aromatic heterocycles. The van der Waals surface area contributed by atoms with Crippen LogP contribution in [0.3, 0.4) is 0 Å². The quantitative estimate of drug-likeness (QED) is 0.640. The number of nitrogens with two attached hydrogens (primary N) is 1. The van der Waals surface area contributed by atoms with Crippen LogP contribution in [0.25, 0.3) is 0 Å². The second-order valence-corrected chi connectivity index (χ2v) is 3.14. The Morgan fingerprint density at radius 2 is 2.47 bits per heavy atom. The molecule has 0 unspecified atom stereocenters. The van der Waals surface area contributed by atoms with Gasteiger partial charge in [-0.2, -0.15) is 0 Å². The lowest BCUT2D eigenvalue weighted by Gasteiger charge is -2.03. The van der Waals surface area contributed by atoms with Crippen LogP contribution in [0.4, 0.5) is 4.79 Å². The maximum absolute atomic E-state index is 10.9. The van der Waals surface area contributed by atoms with Crippen molar-refractivity contribution in [1.29, 1.82) is 0 Å². The van der Waals surface area contributed by atoms with Crippen LogP contribution < -0.4 is 20.7 Å². The Labute approximate surface area is 85.5 Å². The summed E-state index contributed by atoms with van der Waals surface area (Å²) in [5.74, 6) is -0.337. The van der Waals surface area contributed by atoms with E-state index in [-0.39, 0.29) is 29.1 Å². The molecule has 0 radical (unpaired) electrons. The van der Waals surface area contributed by atoms with Gasteiger partial charge in [0.25, 0.3) is 5.69 Å². The number of rotatable bonds is 4. The Bertz CT molecular complexity index is 349. The molecule has 0 aliphatic heterocycles. The minimum atomic E-state index is -1.09. The van der Waals surface area contributed by atoms with Crippen molar-refractivity contribution in [3.63, 3.8) is 0 Å². The minimum absolute atomic E-state index is 0.0118. The molecule has 1 amide bonds. The summed E-state index contributed by atoms with van der Waals surface area (Å²) in [6.07, 6.45) is -1.09. The number of aromatic nitrogens is 2. The number of nitrogens with zero attached hydrogens (tertiary/aromatic N) is 2. The molecule has 84 valence electrons. The van der Waals surface area contributed by atoms with E-state index in [9.17, 15) is 10.0 Å². The Hall–Kier alpha value is -1.83. The highest BCUT2D eigenvalue weighted by Gasteiger charge is 2.22. The van der Waals surface area contributed by atoms with Gasteiger partial charge in [-0.05, 0) is 4.90 Å². The SMILES string of the molecule is CC(C)NCc1no[n+]([O-])c1OC(N)=O. The van der Waals surface area contributed by atoms with Gasteiger partial charge in [-0.15, -0.1) is 0 Å². The molecule has 1 rings (SSSR count). The zero-order valence-electron chi connectivity index (χ0n) is 8.39. The van der Waals surface area contributed by atoms with Crippen LogP contribution >= 0.6 is 0 Å². The van der Waals surface area contributed by atoms with Crippen LogP contribution in [0.15, 0.2) is 4.63 Å². The largest absolute Gasteiger partial charge is 0.412 e. The third-order valence-electron chi connectivity index (χ3n) is 1.51. The molecule has 1 heterocycles. The molecule has 0 aromatic carbocycles. The molecule has 3 N–H and O–H groups in total. The molecule has 0 bridgehead atoms. The van der Waals surface area contributed by atoms with Gasteiger partial charge in [-0.1, -0.05) is 13.8 Å². The molecule has 0 saturated heterocycles. The second-order valence-electron chi connectivity index (χ2n) is 3.14. The van der Waals surface area contributed by atoms with Gasteiger partial charge in [0, 0.05) is 11.2 Å². The normalized spacial score (nSPS) is 10.6. The Kier molecular flexibility index (Phi) is 3.45. The first-order valence-corrected chi connectivity index (χ1v) is 4.30. The van der Waals surface area contributed by atoms with E-state index in [1.165, 1.54) is 0 Å². The molecule has 0 aliphatic carbocycles. The third-order valence-corrected chi connectivity index (χ3v) is 1.51. The van der Waals surface area contributed by atoms with E-state index in [1.807, 2.05) is 13.8 Å². The molecule has 8 heteroatoms. The van der Waals surface area contributed by atoms with Crippen LogP contribution in [0, 0.1) is 5.21 Å². The molecule has 0 atom stereocenters. The number of hydrogen-bond acceptors (Lipinski definition) is 6. The maximum atomic E-state index is 10.9. The lowest BCUT2D eigenvalue weighted by atomic mass is 10.3. The van der Waals surface area contributed by atoms with Crippen LogP contribution in [-0.2, 0) is 6.54 Å². The van der Waals surface area contributed by atoms with E-state index in [4.69, 9.17) is 5.73 Å². The summed E-state index contributed by atoms with van der Waals surface area (Å²) in [5.41, 5.74) is 4.97. The van der Waals surface area contributed by atoms with Gasteiger partial charge in [0.2, 0.25) is 0 Å². The summed E-state index contributed by atoms with van der Waals surface area (Å²) in [6, 6.07) is 0.197. The molecule has 0 saturated carbocycles. The van der Waals surface area contributed by atoms with Gasteiger partial charge < -0.3 is 21.0 Å². The zero-order chi connectivity index (χ0) is 11.4. The molecular formula is C7H12N4O4. The predicted molar refractivity (Wildman–Crippen MR) is 47.7 cm³/mol. The number of carbonyl (C=O) groups is 1. The van der Waals surface area contributed by atoms with Crippen molar-refractivity contribution in [3.8, 4) is 5.88 Å². The highest BCUT2D eigenvalue weighted by Crippen LogP contribution is 2.09. The average molecular weight is 216 g/mol. The number of ether oxygens (including phenoxy) is 1. The molecule has 8 nitrogen and oxygen atoms in total. The third kappa shape index (κ3) is 3.09.